The van der Waals surface area contributed by atoms with E-state index >= 15 is 0 Å². The summed E-state index contributed by atoms with van der Waals surface area (Å²) in [4.78, 5) is 69.9. The molecule has 4 N–H and O–H groups in total. The molecule has 4 rings (SSSR count). The number of phenolic OH excluding ortho intramolecular Hbond substituents is 1. The van der Waals surface area contributed by atoms with E-state index in [4.69, 9.17) is 5.73 Å². The number of Topliss-reactive ketones (excluding diaryl/α,β-unsaturated/α-hetero) is 4. The van der Waals surface area contributed by atoms with Crippen molar-refractivity contribution in [1.82, 2.24) is 4.90 Å². The highest BCUT2D eigenvalue weighted by Crippen LogP contribution is 2.52. The predicted octanol–water partition coefficient (Wildman–Crippen LogP) is -0.0640. The lowest BCUT2D eigenvalue weighted by Crippen LogP contribution is -2.74. The molecule has 6 atom stereocenters. The van der Waals surface area contributed by atoms with Crippen LogP contribution in [0.1, 0.15) is 27.9 Å². The maximum atomic E-state index is 14.0. The number of aliphatic hydroxyl groups is 1. The van der Waals surface area contributed by atoms with E-state index < -0.39 is 74.4 Å². The average Bonchev–Trinajstić information content (AvgIpc) is 2.79. The molecule has 2 unspecified atom stereocenters. The number of benzene rings is 1. The summed E-state index contributed by atoms with van der Waals surface area (Å²) in [5, 5.41) is 26.0. The van der Waals surface area contributed by atoms with Crippen molar-refractivity contribution in [3.63, 3.8) is 0 Å². The van der Waals surface area contributed by atoms with Crippen LogP contribution in [0.3, 0.4) is 0 Å². The Morgan fingerprint density at radius 1 is 1.10 bits per heavy atom. The molecule has 11 heteroatoms. The van der Waals surface area contributed by atoms with Gasteiger partial charge in [-0.15, -0.1) is 0 Å². The predicted molar refractivity (Wildman–Crippen MR) is 148 cm³/mol. The lowest BCUT2D eigenvalue weighted by Gasteiger charge is -2.52. The molecule has 2 saturated carbocycles. The summed E-state index contributed by atoms with van der Waals surface area (Å²) in [7, 11) is 5.45. The molecule has 0 bridgehead atoms. The van der Waals surface area contributed by atoms with Crippen LogP contribution < -0.4 is 10.6 Å². The number of nitrogens with two attached hydrogens (primary N) is 1. The van der Waals surface area contributed by atoms with Crippen LogP contribution in [0.25, 0.3) is 0 Å². The van der Waals surface area contributed by atoms with Crippen LogP contribution >= 0.6 is 10.0 Å². The normalized spacial score (nSPS) is 30.6. The van der Waals surface area contributed by atoms with E-state index in [0.29, 0.717) is 11.3 Å². The molecule has 2 fully saturated rings. The number of aromatic hydroxyl groups is 1. The van der Waals surface area contributed by atoms with Gasteiger partial charge in [-0.3, -0.25) is 28.9 Å². The SMILES string of the molecule is CN(C)c1cc(C#CS(C)(C)C)c(O)c2c1C[C@H]1C[C@H]3[C@H](N(C)C)C(=O)C(C(N)=O)C(=O)[C@@]3(O)C(=O)C1C2=O. The Kier molecular flexibility index (Phi) is 6.99. The Labute approximate surface area is 229 Å². The van der Waals surface area contributed by atoms with Crippen molar-refractivity contribution in [1.29, 1.82) is 0 Å². The minimum absolute atomic E-state index is 0.00642. The number of amides is 1. The standard InChI is InChI=1S/C28H35N3O7S/c1-30(2)17-12-13(8-9-39(5,6)7)22(32)19-15(17)10-14-11-16-21(31(3)4)24(34)20(27(29)37)26(36)28(16,38)25(35)18(14)23(19)33/h12,14,16,18,20-21,32,38H,10-11H2,1-7H3,(H2,29,37)/t14-,16-,18?,20?,21-,28-/m0/s1. The third-order valence-electron chi connectivity index (χ3n) is 8.01. The second kappa shape index (κ2) is 9.47. The van der Waals surface area contributed by atoms with Crippen molar-refractivity contribution >= 4 is 44.8 Å². The Bertz CT molecular complexity index is 1380. The van der Waals surface area contributed by atoms with Gasteiger partial charge in [0.15, 0.2) is 34.7 Å². The molecule has 210 valence electrons. The number of ketones is 4. The zero-order valence-electron chi connectivity index (χ0n) is 23.2. The van der Waals surface area contributed by atoms with Gasteiger partial charge in [-0.2, -0.15) is 10.0 Å². The first-order valence-electron chi connectivity index (χ1n) is 12.5. The molecule has 3 aliphatic carbocycles. The number of primary amides is 1. The number of carbonyl (C=O) groups excluding carboxylic acids is 5. The van der Waals surface area contributed by atoms with Crippen LogP contribution in [0.4, 0.5) is 5.69 Å². The molecule has 0 aromatic heterocycles. The first kappa shape index (κ1) is 28.8. The van der Waals surface area contributed by atoms with Crippen molar-refractivity contribution in [2.75, 3.05) is 51.9 Å². The van der Waals surface area contributed by atoms with E-state index in [1.807, 2.05) is 18.8 Å². The summed E-state index contributed by atoms with van der Waals surface area (Å²) in [5.41, 5.74) is 4.00. The third kappa shape index (κ3) is 4.35. The van der Waals surface area contributed by atoms with E-state index in [1.54, 1.807) is 39.2 Å². The Hall–Kier alpha value is -3.20. The molecule has 0 aliphatic heterocycles. The molecule has 1 aromatic carbocycles. The Morgan fingerprint density at radius 3 is 2.23 bits per heavy atom. The number of likely N-dealkylation sites (N-methyl/N-ethyl adjacent to an activating group) is 1. The number of rotatable bonds is 3. The highest BCUT2D eigenvalue weighted by molar-refractivity contribution is 8.35. The monoisotopic (exact) mass is 557 g/mol. The zero-order valence-corrected chi connectivity index (χ0v) is 24.0. The molecule has 0 heterocycles. The van der Waals surface area contributed by atoms with Gasteiger partial charge in [0.05, 0.1) is 23.1 Å². The van der Waals surface area contributed by atoms with Gasteiger partial charge in [0.1, 0.15) is 5.75 Å². The van der Waals surface area contributed by atoms with Gasteiger partial charge in [0, 0.05) is 25.7 Å². The molecule has 0 saturated heterocycles. The molecule has 0 spiro atoms. The molecular formula is C28H35N3O7S. The average molecular weight is 558 g/mol. The van der Waals surface area contributed by atoms with Crippen molar-refractivity contribution in [2.24, 2.45) is 29.4 Å². The minimum Gasteiger partial charge on any atom is -0.506 e. The zero-order chi connectivity index (χ0) is 29.4. The fraction of sp³-hybridized carbons (Fsp3) is 0.536. The number of nitrogens with zero attached hydrogens (tertiary/aromatic N) is 2. The summed E-state index contributed by atoms with van der Waals surface area (Å²) in [5.74, 6) is -7.68. The lowest BCUT2D eigenvalue weighted by molar-refractivity contribution is -0.181. The highest BCUT2D eigenvalue weighted by Gasteiger charge is 2.69. The summed E-state index contributed by atoms with van der Waals surface area (Å²) in [6, 6.07) is 0.583. The molecular weight excluding hydrogens is 522 g/mol. The maximum Gasteiger partial charge on any atom is 0.235 e. The molecule has 0 radical (unpaired) electrons. The second-order valence-electron chi connectivity index (χ2n) is 11.9. The van der Waals surface area contributed by atoms with Gasteiger partial charge in [-0.25, -0.2) is 0 Å². The summed E-state index contributed by atoms with van der Waals surface area (Å²) in [6.07, 6.45) is 6.17. The van der Waals surface area contributed by atoms with Crippen LogP contribution in [0.15, 0.2) is 6.07 Å². The van der Waals surface area contributed by atoms with Gasteiger partial charge >= 0.3 is 0 Å². The summed E-state index contributed by atoms with van der Waals surface area (Å²) < 4.78 is 0. The molecule has 39 heavy (non-hydrogen) atoms. The highest BCUT2D eigenvalue weighted by atomic mass is 32.3. The van der Waals surface area contributed by atoms with Crippen LogP contribution in [-0.4, -0.2) is 103 Å². The van der Waals surface area contributed by atoms with Gasteiger partial charge in [-0.1, -0.05) is 5.92 Å². The van der Waals surface area contributed by atoms with E-state index in [2.05, 4.69) is 11.2 Å². The second-order valence-corrected chi connectivity index (χ2v) is 15.8. The third-order valence-corrected chi connectivity index (χ3v) is 8.73. The van der Waals surface area contributed by atoms with Gasteiger partial charge in [-0.05, 0) is 68.5 Å². The number of hydrogen-bond acceptors (Lipinski definition) is 9. The first-order valence-corrected chi connectivity index (χ1v) is 15.4. The van der Waals surface area contributed by atoms with Crippen LogP contribution in [0.2, 0.25) is 0 Å². The number of fused-ring (bicyclic) bond motifs is 3. The van der Waals surface area contributed by atoms with Crippen molar-refractivity contribution in [3.05, 3.63) is 22.8 Å². The number of carbonyl (C=O) groups is 5. The van der Waals surface area contributed by atoms with E-state index in [-0.39, 0.29) is 29.7 Å². The van der Waals surface area contributed by atoms with E-state index in [0.717, 1.165) is 0 Å². The van der Waals surface area contributed by atoms with E-state index in [9.17, 15) is 34.2 Å². The smallest absolute Gasteiger partial charge is 0.235 e. The Balaban J connectivity index is 1.91. The van der Waals surface area contributed by atoms with Crippen LogP contribution in [0.5, 0.6) is 5.75 Å². The molecule has 10 nitrogen and oxygen atoms in total. The van der Waals surface area contributed by atoms with Crippen molar-refractivity contribution < 1.29 is 34.2 Å². The maximum absolute atomic E-state index is 14.0. The number of phenols is 1. The van der Waals surface area contributed by atoms with Crippen molar-refractivity contribution in [2.45, 2.75) is 24.5 Å². The number of anilines is 1. The summed E-state index contributed by atoms with van der Waals surface area (Å²) >= 11 is 0. The van der Waals surface area contributed by atoms with Gasteiger partial charge < -0.3 is 20.8 Å². The fourth-order valence-corrected chi connectivity index (χ4v) is 6.77. The van der Waals surface area contributed by atoms with Crippen LogP contribution in [-0.2, 0) is 25.6 Å². The number of hydrogen-bond donors (Lipinski definition) is 3. The van der Waals surface area contributed by atoms with Gasteiger partial charge in [0.2, 0.25) is 5.91 Å². The van der Waals surface area contributed by atoms with Crippen molar-refractivity contribution in [3.8, 4) is 16.9 Å². The fourth-order valence-electron chi connectivity index (χ4n) is 6.35. The first-order chi connectivity index (χ1) is 17.9. The molecule has 1 amide bonds. The largest absolute Gasteiger partial charge is 0.506 e. The van der Waals surface area contributed by atoms with Gasteiger partial charge in [0.25, 0.3) is 0 Å². The molecule has 3 aliphatic rings. The van der Waals surface area contributed by atoms with Crippen LogP contribution in [0, 0.1) is 34.8 Å². The topological polar surface area (TPSA) is 158 Å². The Morgan fingerprint density at radius 2 is 1.72 bits per heavy atom. The summed E-state index contributed by atoms with van der Waals surface area (Å²) in [6.45, 7) is 0. The minimum atomic E-state index is -2.75. The van der Waals surface area contributed by atoms with E-state index in [1.165, 1.54) is 4.90 Å². The molecule has 1 aromatic rings. The quantitative estimate of drug-likeness (QED) is 0.342. The lowest BCUT2D eigenvalue weighted by atomic mass is 9.52.